The lowest BCUT2D eigenvalue weighted by Crippen LogP contribution is -2.52. The molecule has 0 bridgehead atoms. The van der Waals surface area contributed by atoms with E-state index >= 15 is 0 Å². The third kappa shape index (κ3) is 6.34. The first kappa shape index (κ1) is 23.8. The van der Waals surface area contributed by atoms with E-state index in [0.29, 0.717) is 30.4 Å². The fraction of sp³-hybridized carbons (Fsp3) is 0.261. The van der Waals surface area contributed by atoms with Crippen LogP contribution in [0.1, 0.15) is 17.2 Å². The van der Waals surface area contributed by atoms with Crippen molar-refractivity contribution in [3.63, 3.8) is 0 Å². The summed E-state index contributed by atoms with van der Waals surface area (Å²) in [4.78, 5) is 39.3. The summed E-state index contributed by atoms with van der Waals surface area (Å²) in [6, 6.07) is 12.5. The van der Waals surface area contributed by atoms with Crippen molar-refractivity contribution < 1.29 is 32.7 Å². The Labute approximate surface area is 188 Å². The molecule has 1 heterocycles. The molecule has 0 radical (unpaired) electrons. The number of anilines is 1. The molecule has 1 aliphatic rings. The van der Waals surface area contributed by atoms with Crippen molar-refractivity contribution in [3.05, 3.63) is 77.9 Å². The molecule has 1 saturated heterocycles. The number of nitrogens with one attached hydrogen (secondary N) is 1. The van der Waals surface area contributed by atoms with Gasteiger partial charge < -0.3 is 20.2 Å². The molecule has 0 spiro atoms. The standard InChI is InChI=1S/C23H22F3N3O4/c24-23(25,26)17-7-4-8-18(15-17)28-11-13-29(14-12-28)22(33)21(16-5-2-1-3-6-16)27-19(30)9-10-20(31)32/h1-10,15,21H,11-14H2,(H,27,30)(H,31,32)/b10-9+. The number of aliphatic carboxylic acids is 1. The molecule has 1 atom stereocenters. The van der Waals surface area contributed by atoms with E-state index in [9.17, 15) is 27.6 Å². The van der Waals surface area contributed by atoms with Crippen LogP contribution in [-0.2, 0) is 20.6 Å². The van der Waals surface area contributed by atoms with Gasteiger partial charge in [-0.15, -0.1) is 0 Å². The normalized spacial score (nSPS) is 15.4. The zero-order valence-electron chi connectivity index (χ0n) is 17.5. The SMILES string of the molecule is O=C(O)/C=C/C(=O)NC(C(=O)N1CCN(c2cccc(C(F)(F)F)c2)CC1)c1ccccc1. The highest BCUT2D eigenvalue weighted by atomic mass is 19.4. The summed E-state index contributed by atoms with van der Waals surface area (Å²) in [5.74, 6) is -2.41. The van der Waals surface area contributed by atoms with Gasteiger partial charge >= 0.3 is 12.1 Å². The summed E-state index contributed by atoms with van der Waals surface area (Å²) in [5, 5.41) is 11.2. The van der Waals surface area contributed by atoms with Gasteiger partial charge in [-0.2, -0.15) is 13.2 Å². The topological polar surface area (TPSA) is 89.9 Å². The molecule has 1 unspecified atom stereocenters. The second-order valence-corrected chi connectivity index (χ2v) is 7.38. The van der Waals surface area contributed by atoms with Gasteiger partial charge in [-0.05, 0) is 23.8 Å². The molecule has 2 aromatic rings. The Morgan fingerprint density at radius 1 is 0.939 bits per heavy atom. The predicted octanol–water partition coefficient (Wildman–Crippen LogP) is 2.85. The Balaban J connectivity index is 1.71. The minimum absolute atomic E-state index is 0.249. The molecule has 2 amide bonds. The number of hydrogen-bond donors (Lipinski definition) is 2. The predicted molar refractivity (Wildman–Crippen MR) is 114 cm³/mol. The number of halogens is 3. The molecule has 7 nitrogen and oxygen atoms in total. The van der Waals surface area contributed by atoms with Crippen LogP contribution in [0.4, 0.5) is 18.9 Å². The molecule has 0 aliphatic carbocycles. The largest absolute Gasteiger partial charge is 0.478 e. The van der Waals surface area contributed by atoms with Gasteiger partial charge in [-0.3, -0.25) is 9.59 Å². The van der Waals surface area contributed by atoms with Crippen molar-refractivity contribution >= 4 is 23.5 Å². The van der Waals surface area contributed by atoms with E-state index in [1.807, 2.05) is 0 Å². The van der Waals surface area contributed by atoms with Gasteiger partial charge in [-0.25, -0.2) is 4.79 Å². The molecule has 2 N–H and O–H groups in total. The molecule has 33 heavy (non-hydrogen) atoms. The van der Waals surface area contributed by atoms with Gasteiger partial charge in [0.25, 0.3) is 0 Å². The summed E-state index contributed by atoms with van der Waals surface area (Å²) in [5.41, 5.74) is 0.211. The van der Waals surface area contributed by atoms with Crippen molar-refractivity contribution in [1.82, 2.24) is 10.2 Å². The minimum atomic E-state index is -4.44. The quantitative estimate of drug-likeness (QED) is 0.646. The molecular weight excluding hydrogens is 439 g/mol. The molecule has 1 aliphatic heterocycles. The molecular formula is C23H22F3N3O4. The Morgan fingerprint density at radius 2 is 1.61 bits per heavy atom. The Kier molecular flexibility index (Phi) is 7.37. The number of carboxylic acid groups (broad SMARTS) is 1. The smallest absolute Gasteiger partial charge is 0.416 e. The van der Waals surface area contributed by atoms with E-state index < -0.39 is 29.7 Å². The monoisotopic (exact) mass is 461 g/mol. The molecule has 3 rings (SSSR count). The van der Waals surface area contributed by atoms with Crippen molar-refractivity contribution in [2.45, 2.75) is 12.2 Å². The Hall–Kier alpha value is -3.82. The number of carbonyl (C=O) groups is 3. The fourth-order valence-electron chi connectivity index (χ4n) is 3.52. The summed E-state index contributed by atoms with van der Waals surface area (Å²) in [6.07, 6.45) is -2.93. The average Bonchev–Trinajstić information content (AvgIpc) is 2.81. The maximum atomic E-state index is 13.2. The third-order valence-corrected chi connectivity index (χ3v) is 5.17. The van der Waals surface area contributed by atoms with E-state index in [1.54, 1.807) is 41.3 Å². The van der Waals surface area contributed by atoms with Gasteiger partial charge in [0, 0.05) is 44.0 Å². The number of rotatable bonds is 6. The summed E-state index contributed by atoms with van der Waals surface area (Å²) < 4.78 is 39.0. The fourth-order valence-corrected chi connectivity index (χ4v) is 3.52. The maximum absolute atomic E-state index is 13.2. The number of hydrogen-bond acceptors (Lipinski definition) is 4. The maximum Gasteiger partial charge on any atom is 0.416 e. The van der Waals surface area contributed by atoms with E-state index in [0.717, 1.165) is 18.2 Å². The zero-order valence-corrected chi connectivity index (χ0v) is 17.5. The average molecular weight is 461 g/mol. The van der Waals surface area contributed by atoms with Gasteiger partial charge in [0.15, 0.2) is 0 Å². The molecule has 10 heteroatoms. The molecule has 0 saturated carbocycles. The molecule has 2 aromatic carbocycles. The lowest BCUT2D eigenvalue weighted by molar-refractivity contribution is -0.137. The first-order valence-electron chi connectivity index (χ1n) is 10.1. The Morgan fingerprint density at radius 3 is 2.21 bits per heavy atom. The number of piperazine rings is 1. The molecule has 1 fully saturated rings. The van der Waals surface area contributed by atoms with Crippen molar-refractivity contribution in [2.24, 2.45) is 0 Å². The van der Waals surface area contributed by atoms with Crippen LogP contribution >= 0.6 is 0 Å². The number of amides is 2. The van der Waals surface area contributed by atoms with Crippen LogP contribution < -0.4 is 10.2 Å². The van der Waals surface area contributed by atoms with Gasteiger partial charge in [0.1, 0.15) is 6.04 Å². The van der Waals surface area contributed by atoms with Crippen molar-refractivity contribution in [1.29, 1.82) is 0 Å². The number of carbonyl (C=O) groups excluding carboxylic acids is 2. The van der Waals surface area contributed by atoms with Gasteiger partial charge in [0.2, 0.25) is 11.8 Å². The van der Waals surface area contributed by atoms with Crippen LogP contribution in [0.2, 0.25) is 0 Å². The summed E-state index contributed by atoms with van der Waals surface area (Å²) >= 11 is 0. The summed E-state index contributed by atoms with van der Waals surface area (Å²) in [7, 11) is 0. The van der Waals surface area contributed by atoms with Crippen LogP contribution in [0.5, 0.6) is 0 Å². The number of benzene rings is 2. The van der Waals surface area contributed by atoms with E-state index in [1.165, 1.54) is 11.0 Å². The Bertz CT molecular complexity index is 1030. The lowest BCUT2D eigenvalue weighted by Gasteiger charge is -2.37. The minimum Gasteiger partial charge on any atom is -0.478 e. The van der Waals surface area contributed by atoms with Crippen molar-refractivity contribution in [3.8, 4) is 0 Å². The molecule has 0 aromatic heterocycles. The van der Waals surface area contributed by atoms with Crippen LogP contribution in [0.15, 0.2) is 66.7 Å². The van der Waals surface area contributed by atoms with E-state index in [-0.39, 0.29) is 19.0 Å². The van der Waals surface area contributed by atoms with Crippen LogP contribution in [0.3, 0.4) is 0 Å². The van der Waals surface area contributed by atoms with Crippen LogP contribution in [0.25, 0.3) is 0 Å². The van der Waals surface area contributed by atoms with Crippen LogP contribution in [0, 0.1) is 0 Å². The summed E-state index contributed by atoms with van der Waals surface area (Å²) in [6.45, 7) is 1.14. The third-order valence-electron chi connectivity index (χ3n) is 5.17. The highest BCUT2D eigenvalue weighted by Crippen LogP contribution is 2.32. The lowest BCUT2D eigenvalue weighted by atomic mass is 10.0. The highest BCUT2D eigenvalue weighted by Gasteiger charge is 2.32. The first-order chi connectivity index (χ1) is 15.6. The number of alkyl halides is 3. The van der Waals surface area contributed by atoms with E-state index in [2.05, 4.69) is 5.32 Å². The van der Waals surface area contributed by atoms with Crippen molar-refractivity contribution in [2.75, 3.05) is 31.1 Å². The highest BCUT2D eigenvalue weighted by molar-refractivity contribution is 5.97. The number of nitrogens with zero attached hydrogens (tertiary/aromatic N) is 2. The molecule has 174 valence electrons. The second kappa shape index (κ2) is 10.2. The van der Waals surface area contributed by atoms with Gasteiger partial charge in [0.05, 0.1) is 5.56 Å². The second-order valence-electron chi connectivity index (χ2n) is 7.38. The number of carboxylic acids is 1. The van der Waals surface area contributed by atoms with Crippen LogP contribution in [-0.4, -0.2) is 54.0 Å². The van der Waals surface area contributed by atoms with Gasteiger partial charge in [-0.1, -0.05) is 36.4 Å². The first-order valence-corrected chi connectivity index (χ1v) is 10.1. The van der Waals surface area contributed by atoms with E-state index in [4.69, 9.17) is 5.11 Å². The zero-order chi connectivity index (χ0) is 24.0.